The summed E-state index contributed by atoms with van der Waals surface area (Å²) in [5.74, 6) is -0.550. The van der Waals surface area contributed by atoms with Crippen LogP contribution in [0.4, 0.5) is 0 Å². The van der Waals surface area contributed by atoms with Crippen LogP contribution in [-0.2, 0) is 9.53 Å². The molecular formula is C15H19N3O2. The highest BCUT2D eigenvalue weighted by Gasteiger charge is 2.23. The van der Waals surface area contributed by atoms with Gasteiger partial charge in [-0.3, -0.25) is 4.79 Å². The van der Waals surface area contributed by atoms with Gasteiger partial charge in [-0.25, -0.2) is 9.67 Å². The van der Waals surface area contributed by atoms with E-state index in [1.165, 1.54) is 6.33 Å². The third kappa shape index (κ3) is 3.44. The molecule has 0 radical (unpaired) electrons. The minimum absolute atomic E-state index is 0.228. The first-order chi connectivity index (χ1) is 9.37. The number of aromatic nitrogens is 3. The Balaban J connectivity index is 2.21. The smallest absolute Gasteiger partial charge is 0.313 e. The molecule has 0 aliphatic carbocycles. The van der Waals surface area contributed by atoms with Crippen molar-refractivity contribution in [3.05, 3.63) is 42.5 Å². The van der Waals surface area contributed by atoms with Crippen LogP contribution >= 0.6 is 0 Å². The molecule has 0 N–H and O–H groups in total. The number of hydrogen-bond donors (Lipinski definition) is 0. The van der Waals surface area contributed by atoms with E-state index in [-0.39, 0.29) is 11.9 Å². The first-order valence-electron chi connectivity index (χ1n) is 6.54. The van der Waals surface area contributed by atoms with Gasteiger partial charge in [-0.15, -0.1) is 0 Å². The third-order valence-corrected chi connectivity index (χ3v) is 2.81. The molecule has 106 valence electrons. The molecule has 0 aliphatic rings. The summed E-state index contributed by atoms with van der Waals surface area (Å²) in [4.78, 5) is 16.0. The number of carbonyl (C=O) groups excluding carboxylic acids is 1. The van der Waals surface area contributed by atoms with Gasteiger partial charge in [-0.2, -0.15) is 5.10 Å². The second-order valence-corrected chi connectivity index (χ2v) is 5.69. The fourth-order valence-corrected chi connectivity index (χ4v) is 1.80. The normalized spacial score (nSPS) is 13.0. The van der Waals surface area contributed by atoms with Gasteiger partial charge in [0.2, 0.25) is 0 Å². The van der Waals surface area contributed by atoms with Crippen LogP contribution in [-0.4, -0.2) is 26.3 Å². The van der Waals surface area contributed by atoms with Crippen molar-refractivity contribution >= 4 is 5.97 Å². The topological polar surface area (TPSA) is 57.0 Å². The Bertz CT molecular complexity index is 585. The fraction of sp³-hybridized carbons (Fsp3) is 0.400. The summed E-state index contributed by atoms with van der Waals surface area (Å²) >= 11 is 0. The number of ether oxygens (including phenoxy) is 1. The summed E-state index contributed by atoms with van der Waals surface area (Å²) in [5.41, 5.74) is 1.29. The summed E-state index contributed by atoms with van der Waals surface area (Å²) in [6, 6.07) is 7.64. The molecule has 1 aromatic carbocycles. The average molecular weight is 273 g/mol. The Kier molecular flexibility index (Phi) is 3.88. The molecule has 0 spiro atoms. The van der Waals surface area contributed by atoms with Gasteiger partial charge in [-0.05, 0) is 45.4 Å². The molecule has 0 bridgehead atoms. The number of esters is 1. The second kappa shape index (κ2) is 5.45. The van der Waals surface area contributed by atoms with Crippen molar-refractivity contribution in [3.8, 4) is 5.69 Å². The highest BCUT2D eigenvalue weighted by atomic mass is 16.6. The Morgan fingerprint density at radius 3 is 2.70 bits per heavy atom. The molecule has 0 amide bonds. The Labute approximate surface area is 118 Å². The van der Waals surface area contributed by atoms with E-state index < -0.39 is 5.60 Å². The van der Waals surface area contributed by atoms with E-state index in [4.69, 9.17) is 4.74 Å². The standard InChI is InChI=1S/C15H19N3O2/c1-11(14(19)20-15(2,3)4)12-6-5-7-13(8-12)18-10-16-9-17-18/h5-11H,1-4H3. The Hall–Kier alpha value is -2.17. The van der Waals surface area contributed by atoms with Crippen LogP contribution in [0.3, 0.4) is 0 Å². The maximum Gasteiger partial charge on any atom is 0.313 e. The summed E-state index contributed by atoms with van der Waals surface area (Å²) in [7, 11) is 0. The van der Waals surface area contributed by atoms with Crippen LogP contribution in [0.1, 0.15) is 39.2 Å². The highest BCUT2D eigenvalue weighted by molar-refractivity contribution is 5.78. The monoisotopic (exact) mass is 273 g/mol. The van der Waals surface area contributed by atoms with Gasteiger partial charge >= 0.3 is 5.97 Å². The lowest BCUT2D eigenvalue weighted by Crippen LogP contribution is -2.26. The zero-order valence-corrected chi connectivity index (χ0v) is 12.2. The molecule has 1 heterocycles. The first kappa shape index (κ1) is 14.2. The molecule has 1 aromatic heterocycles. The van der Waals surface area contributed by atoms with Crippen molar-refractivity contribution in [2.24, 2.45) is 0 Å². The van der Waals surface area contributed by atoms with Crippen molar-refractivity contribution in [1.82, 2.24) is 14.8 Å². The van der Waals surface area contributed by atoms with E-state index in [9.17, 15) is 4.79 Å². The third-order valence-electron chi connectivity index (χ3n) is 2.81. The number of rotatable bonds is 3. The molecule has 5 nitrogen and oxygen atoms in total. The van der Waals surface area contributed by atoms with Crippen LogP contribution < -0.4 is 0 Å². The largest absolute Gasteiger partial charge is 0.460 e. The molecule has 0 saturated heterocycles. The van der Waals surface area contributed by atoms with Crippen LogP contribution in [0.2, 0.25) is 0 Å². The molecule has 2 aromatic rings. The van der Waals surface area contributed by atoms with E-state index in [2.05, 4.69) is 10.1 Å². The van der Waals surface area contributed by atoms with Gasteiger partial charge in [-0.1, -0.05) is 12.1 Å². The predicted octanol–water partition coefficient (Wildman–Crippen LogP) is 2.71. The van der Waals surface area contributed by atoms with E-state index in [0.717, 1.165) is 11.3 Å². The van der Waals surface area contributed by atoms with E-state index in [1.54, 1.807) is 11.0 Å². The summed E-state index contributed by atoms with van der Waals surface area (Å²) in [5, 5.41) is 4.08. The maximum absolute atomic E-state index is 12.1. The number of benzene rings is 1. The van der Waals surface area contributed by atoms with Crippen LogP contribution in [0.5, 0.6) is 0 Å². The van der Waals surface area contributed by atoms with Gasteiger partial charge in [0.1, 0.15) is 18.3 Å². The van der Waals surface area contributed by atoms with Crippen LogP contribution in [0.15, 0.2) is 36.9 Å². The van der Waals surface area contributed by atoms with Gasteiger partial charge in [0.25, 0.3) is 0 Å². The average Bonchev–Trinajstić information content (AvgIpc) is 2.90. The van der Waals surface area contributed by atoms with Crippen LogP contribution in [0, 0.1) is 0 Å². The maximum atomic E-state index is 12.1. The zero-order chi connectivity index (χ0) is 14.8. The molecule has 20 heavy (non-hydrogen) atoms. The SMILES string of the molecule is CC(C(=O)OC(C)(C)C)c1cccc(-n2cncn2)c1. The first-order valence-corrected chi connectivity index (χ1v) is 6.54. The minimum Gasteiger partial charge on any atom is -0.460 e. The molecule has 5 heteroatoms. The van der Waals surface area contributed by atoms with E-state index >= 15 is 0 Å². The van der Waals surface area contributed by atoms with Gasteiger partial charge < -0.3 is 4.74 Å². The van der Waals surface area contributed by atoms with E-state index in [1.807, 2.05) is 52.0 Å². The summed E-state index contributed by atoms with van der Waals surface area (Å²) < 4.78 is 7.07. The highest BCUT2D eigenvalue weighted by Crippen LogP contribution is 2.22. The van der Waals surface area contributed by atoms with Crippen molar-refractivity contribution < 1.29 is 9.53 Å². The molecule has 1 atom stereocenters. The number of hydrogen-bond acceptors (Lipinski definition) is 4. The van der Waals surface area contributed by atoms with Gasteiger partial charge in [0.05, 0.1) is 11.6 Å². The number of nitrogens with zero attached hydrogens (tertiary/aromatic N) is 3. The number of carbonyl (C=O) groups is 1. The Morgan fingerprint density at radius 2 is 2.10 bits per heavy atom. The quantitative estimate of drug-likeness (QED) is 0.807. The Morgan fingerprint density at radius 1 is 1.35 bits per heavy atom. The molecule has 0 aliphatic heterocycles. The molecule has 0 saturated carbocycles. The predicted molar refractivity (Wildman–Crippen MR) is 75.6 cm³/mol. The van der Waals surface area contributed by atoms with Crippen molar-refractivity contribution in [1.29, 1.82) is 0 Å². The lowest BCUT2D eigenvalue weighted by Gasteiger charge is -2.22. The molecule has 2 rings (SSSR count). The second-order valence-electron chi connectivity index (χ2n) is 5.69. The van der Waals surface area contributed by atoms with Gasteiger partial charge in [0, 0.05) is 0 Å². The minimum atomic E-state index is -0.477. The van der Waals surface area contributed by atoms with Crippen molar-refractivity contribution in [2.45, 2.75) is 39.2 Å². The molecular weight excluding hydrogens is 254 g/mol. The molecule has 0 fully saturated rings. The zero-order valence-electron chi connectivity index (χ0n) is 12.2. The van der Waals surface area contributed by atoms with Crippen molar-refractivity contribution in [3.63, 3.8) is 0 Å². The molecule has 1 unspecified atom stereocenters. The van der Waals surface area contributed by atoms with Crippen LogP contribution in [0.25, 0.3) is 5.69 Å². The van der Waals surface area contributed by atoms with Gasteiger partial charge in [0.15, 0.2) is 0 Å². The summed E-state index contributed by atoms with van der Waals surface area (Å²) in [6.07, 6.45) is 3.10. The fourth-order valence-electron chi connectivity index (χ4n) is 1.80. The van der Waals surface area contributed by atoms with Crippen molar-refractivity contribution in [2.75, 3.05) is 0 Å². The summed E-state index contributed by atoms with van der Waals surface area (Å²) in [6.45, 7) is 7.44. The lowest BCUT2D eigenvalue weighted by molar-refractivity contribution is -0.156. The lowest BCUT2D eigenvalue weighted by atomic mass is 10.0. The van der Waals surface area contributed by atoms with E-state index in [0.29, 0.717) is 0 Å².